The molecule has 0 bridgehead atoms. The molecule has 0 atom stereocenters. The van der Waals surface area contributed by atoms with Crippen LogP contribution in [0.1, 0.15) is 12.0 Å². The number of aryl methyl sites for hydroxylation is 2. The van der Waals surface area contributed by atoms with Gasteiger partial charge >= 0.3 is 0 Å². The number of aromatic nitrogens is 2. The number of nitrogens with two attached hydrogens (primary N) is 2. The zero-order valence-corrected chi connectivity index (χ0v) is 7.75. The van der Waals surface area contributed by atoms with E-state index in [0.29, 0.717) is 0 Å². The Bertz CT molecular complexity index is 264. The van der Waals surface area contributed by atoms with Gasteiger partial charge in [-0.15, -0.1) is 9.36 Å². The third-order valence-electron chi connectivity index (χ3n) is 2.14. The van der Waals surface area contributed by atoms with Crippen molar-refractivity contribution in [2.24, 2.45) is 19.8 Å². The Balaban J connectivity index is 2.79. The van der Waals surface area contributed by atoms with Crippen LogP contribution in [-0.4, -0.2) is 11.2 Å². The van der Waals surface area contributed by atoms with Crippen molar-refractivity contribution in [2.75, 3.05) is 12.3 Å². The second-order valence-corrected chi connectivity index (χ2v) is 3.03. The van der Waals surface area contributed by atoms with E-state index in [4.69, 9.17) is 11.5 Å². The summed E-state index contributed by atoms with van der Waals surface area (Å²) >= 11 is 0. The molecule has 1 rings (SSSR count). The van der Waals surface area contributed by atoms with Crippen LogP contribution < -0.4 is 16.1 Å². The van der Waals surface area contributed by atoms with Crippen LogP contribution in [0.2, 0.25) is 0 Å². The molecule has 1 aromatic rings. The normalized spacial score (nSPS) is 10.6. The van der Waals surface area contributed by atoms with Gasteiger partial charge in [0.15, 0.2) is 12.9 Å². The van der Waals surface area contributed by atoms with Crippen LogP contribution in [0.25, 0.3) is 0 Å². The molecule has 0 aliphatic carbocycles. The van der Waals surface area contributed by atoms with Gasteiger partial charge in [-0.2, -0.15) is 0 Å². The summed E-state index contributed by atoms with van der Waals surface area (Å²) in [7, 11) is 3.92. The second-order valence-electron chi connectivity index (χ2n) is 3.03. The Morgan fingerprint density at radius 1 is 1.58 bits per heavy atom. The lowest BCUT2D eigenvalue weighted by Crippen LogP contribution is -2.36. The standard InChI is InChI=1S/C8H16N4/c1-11-6-7(4-3-5-9)8(10)12(11)2/h6,10H,3-5,9H2,1-2H3/p+1. The predicted octanol–water partition coefficient (Wildman–Crippen LogP) is -0.677. The van der Waals surface area contributed by atoms with Crippen LogP contribution in [0.5, 0.6) is 0 Å². The Kier molecular flexibility index (Phi) is 2.70. The lowest BCUT2D eigenvalue weighted by Gasteiger charge is -1.94. The summed E-state index contributed by atoms with van der Waals surface area (Å²) in [5.41, 5.74) is 12.4. The van der Waals surface area contributed by atoms with Gasteiger partial charge in [0.25, 0.3) is 0 Å². The highest BCUT2D eigenvalue weighted by Gasteiger charge is 2.11. The summed E-state index contributed by atoms with van der Waals surface area (Å²) in [6.07, 6.45) is 4.01. The predicted molar refractivity (Wildman–Crippen MR) is 48.4 cm³/mol. The minimum atomic E-state index is 0.720. The van der Waals surface area contributed by atoms with E-state index >= 15 is 0 Å². The molecule has 1 heterocycles. The summed E-state index contributed by atoms with van der Waals surface area (Å²) in [5, 5.41) is 0. The van der Waals surface area contributed by atoms with Gasteiger partial charge in [0.2, 0.25) is 6.20 Å². The first-order valence-corrected chi connectivity index (χ1v) is 4.17. The zero-order valence-electron chi connectivity index (χ0n) is 7.75. The van der Waals surface area contributed by atoms with E-state index in [1.807, 2.05) is 29.7 Å². The monoisotopic (exact) mass is 169 g/mol. The molecule has 0 unspecified atom stereocenters. The zero-order chi connectivity index (χ0) is 9.14. The highest BCUT2D eigenvalue weighted by Crippen LogP contribution is 2.09. The molecule has 4 nitrogen and oxygen atoms in total. The molecular formula is C8H17N4+. The van der Waals surface area contributed by atoms with Crippen LogP contribution in [-0.2, 0) is 20.5 Å². The summed E-state index contributed by atoms with van der Waals surface area (Å²) in [6.45, 7) is 0.720. The first-order valence-electron chi connectivity index (χ1n) is 4.17. The number of hydrogen-bond acceptors (Lipinski definition) is 2. The Morgan fingerprint density at radius 2 is 2.25 bits per heavy atom. The van der Waals surface area contributed by atoms with Crippen molar-refractivity contribution in [3.05, 3.63) is 11.8 Å². The van der Waals surface area contributed by atoms with E-state index in [0.717, 1.165) is 25.2 Å². The van der Waals surface area contributed by atoms with Gasteiger partial charge in [0.05, 0.1) is 12.6 Å². The minimum Gasteiger partial charge on any atom is -0.380 e. The molecule has 4 heteroatoms. The van der Waals surface area contributed by atoms with Gasteiger partial charge in [-0.3, -0.25) is 0 Å². The first kappa shape index (κ1) is 9.06. The lowest BCUT2D eigenvalue weighted by atomic mass is 10.2. The van der Waals surface area contributed by atoms with Gasteiger partial charge in [0.1, 0.15) is 0 Å². The summed E-state index contributed by atoms with van der Waals surface area (Å²) < 4.78 is 3.90. The Hall–Kier alpha value is -1.03. The molecule has 4 N–H and O–H groups in total. The summed E-state index contributed by atoms with van der Waals surface area (Å²) in [4.78, 5) is 0. The fourth-order valence-corrected chi connectivity index (χ4v) is 1.24. The molecule has 0 saturated heterocycles. The Labute approximate surface area is 72.8 Å². The quantitative estimate of drug-likeness (QED) is 0.589. The largest absolute Gasteiger partial charge is 0.380 e. The van der Waals surface area contributed by atoms with Crippen LogP contribution >= 0.6 is 0 Å². The van der Waals surface area contributed by atoms with Crippen molar-refractivity contribution in [1.29, 1.82) is 0 Å². The highest BCUT2D eigenvalue weighted by molar-refractivity contribution is 5.36. The third kappa shape index (κ3) is 1.58. The molecule has 0 aromatic carbocycles. The number of anilines is 1. The molecular weight excluding hydrogens is 152 g/mol. The van der Waals surface area contributed by atoms with E-state index in [1.54, 1.807) is 0 Å². The molecule has 0 saturated carbocycles. The van der Waals surface area contributed by atoms with Gasteiger partial charge in [-0.05, 0) is 19.4 Å². The minimum absolute atomic E-state index is 0.720. The van der Waals surface area contributed by atoms with Crippen molar-refractivity contribution >= 4 is 5.82 Å². The molecule has 0 aliphatic heterocycles. The van der Waals surface area contributed by atoms with E-state index in [9.17, 15) is 0 Å². The second kappa shape index (κ2) is 3.58. The van der Waals surface area contributed by atoms with Crippen molar-refractivity contribution in [3.8, 4) is 0 Å². The van der Waals surface area contributed by atoms with Crippen molar-refractivity contribution in [1.82, 2.24) is 4.68 Å². The molecule has 0 spiro atoms. The summed E-state index contributed by atoms with van der Waals surface area (Å²) in [6, 6.07) is 0. The molecule has 0 aliphatic rings. The third-order valence-corrected chi connectivity index (χ3v) is 2.14. The molecule has 0 radical (unpaired) electrons. The number of nitrogen functional groups attached to an aromatic ring is 1. The van der Waals surface area contributed by atoms with Crippen molar-refractivity contribution in [2.45, 2.75) is 12.8 Å². The maximum Gasteiger partial charge on any atom is 0.200 e. The number of rotatable bonds is 3. The van der Waals surface area contributed by atoms with E-state index in [2.05, 4.69) is 0 Å². The first-order chi connectivity index (χ1) is 5.66. The van der Waals surface area contributed by atoms with Gasteiger partial charge in [-0.25, -0.2) is 0 Å². The van der Waals surface area contributed by atoms with Crippen LogP contribution in [0.4, 0.5) is 5.82 Å². The Morgan fingerprint density at radius 3 is 2.67 bits per heavy atom. The SMILES string of the molecule is Cn1c(N)c(CCCN)c[n+]1C. The molecule has 0 fully saturated rings. The summed E-state index contributed by atoms with van der Waals surface area (Å²) in [5.74, 6) is 0.839. The molecule has 68 valence electrons. The van der Waals surface area contributed by atoms with E-state index < -0.39 is 0 Å². The smallest absolute Gasteiger partial charge is 0.200 e. The molecule has 1 aromatic heterocycles. The van der Waals surface area contributed by atoms with Crippen LogP contribution in [0.15, 0.2) is 6.20 Å². The van der Waals surface area contributed by atoms with Gasteiger partial charge in [0, 0.05) is 0 Å². The average Bonchev–Trinajstić information content (AvgIpc) is 2.30. The number of hydrogen-bond donors (Lipinski definition) is 2. The average molecular weight is 169 g/mol. The lowest BCUT2D eigenvalue weighted by molar-refractivity contribution is -0.750. The number of nitrogens with zero attached hydrogens (tertiary/aromatic N) is 2. The van der Waals surface area contributed by atoms with Gasteiger partial charge < -0.3 is 11.5 Å². The van der Waals surface area contributed by atoms with Crippen molar-refractivity contribution < 1.29 is 4.68 Å². The molecule has 0 amide bonds. The fourth-order valence-electron chi connectivity index (χ4n) is 1.24. The van der Waals surface area contributed by atoms with Crippen molar-refractivity contribution in [3.63, 3.8) is 0 Å². The fraction of sp³-hybridized carbons (Fsp3) is 0.625. The van der Waals surface area contributed by atoms with Crippen LogP contribution in [0.3, 0.4) is 0 Å². The topological polar surface area (TPSA) is 60.9 Å². The highest BCUT2D eigenvalue weighted by atomic mass is 15.4. The molecule has 12 heavy (non-hydrogen) atoms. The van der Waals surface area contributed by atoms with E-state index in [-0.39, 0.29) is 0 Å². The van der Waals surface area contributed by atoms with Gasteiger partial charge in [-0.1, -0.05) is 0 Å². The van der Waals surface area contributed by atoms with E-state index in [1.165, 1.54) is 5.56 Å². The maximum atomic E-state index is 5.85. The van der Waals surface area contributed by atoms with Crippen LogP contribution in [0, 0.1) is 0 Å². The maximum absolute atomic E-state index is 5.85.